The van der Waals surface area contributed by atoms with Gasteiger partial charge in [-0.05, 0) is 43.3 Å². The summed E-state index contributed by atoms with van der Waals surface area (Å²) in [6.45, 7) is 1.53. The molecule has 0 saturated heterocycles. The highest BCUT2D eigenvalue weighted by Crippen LogP contribution is 2.27. The minimum atomic E-state index is -3.44. The van der Waals surface area contributed by atoms with Crippen LogP contribution >= 0.6 is 22.9 Å². The summed E-state index contributed by atoms with van der Waals surface area (Å²) in [4.78, 5) is 17.3. The summed E-state index contributed by atoms with van der Waals surface area (Å²) < 4.78 is 25.9. The highest BCUT2D eigenvalue weighted by atomic mass is 35.5. The van der Waals surface area contributed by atoms with Gasteiger partial charge in [-0.15, -0.1) is 11.3 Å². The molecule has 0 atom stereocenters. The molecule has 3 rings (SSSR count). The average molecular weight is 422 g/mol. The van der Waals surface area contributed by atoms with Crippen LogP contribution in [0, 0.1) is 0 Å². The lowest BCUT2D eigenvalue weighted by molar-refractivity contribution is 0.103. The number of hydrogen-bond donors (Lipinski definition) is 2. The van der Waals surface area contributed by atoms with Gasteiger partial charge in [0.1, 0.15) is 0 Å². The molecule has 2 heterocycles. The van der Waals surface area contributed by atoms with Crippen LogP contribution in [0.3, 0.4) is 0 Å². The molecule has 0 saturated carbocycles. The molecule has 3 aromatic rings. The van der Waals surface area contributed by atoms with Crippen molar-refractivity contribution in [3.63, 3.8) is 0 Å². The molecule has 1 aromatic carbocycles. The largest absolute Gasteiger partial charge is 0.321 e. The second-order valence-electron chi connectivity index (χ2n) is 5.60. The normalized spacial score (nSPS) is 11.2. The number of rotatable bonds is 6. The van der Waals surface area contributed by atoms with Gasteiger partial charge >= 0.3 is 0 Å². The molecule has 27 heavy (non-hydrogen) atoms. The van der Waals surface area contributed by atoms with Crippen molar-refractivity contribution in [3.8, 4) is 11.3 Å². The first-order valence-corrected chi connectivity index (χ1v) is 10.9. The molecule has 0 unspecified atom stereocenters. The monoisotopic (exact) mass is 421 g/mol. The second kappa shape index (κ2) is 8.08. The minimum Gasteiger partial charge on any atom is -0.321 e. The Bertz CT molecular complexity index is 1070. The van der Waals surface area contributed by atoms with Crippen LogP contribution in [-0.2, 0) is 10.0 Å². The zero-order chi connectivity index (χ0) is 19.4. The molecule has 2 N–H and O–H groups in total. The first-order valence-electron chi connectivity index (χ1n) is 7.98. The van der Waals surface area contributed by atoms with E-state index in [1.165, 1.54) is 30.4 Å². The number of pyridine rings is 1. The summed E-state index contributed by atoms with van der Waals surface area (Å²) in [5, 5.41) is 4.90. The van der Waals surface area contributed by atoms with E-state index in [9.17, 15) is 13.2 Å². The SMILES string of the molecule is CCS(=O)(=O)Nc1cc(Cl)cc(NC(=O)c2cc(-c3ccccn3)cs2)c1. The van der Waals surface area contributed by atoms with Gasteiger partial charge in [-0.1, -0.05) is 17.7 Å². The third kappa shape index (κ3) is 5.06. The van der Waals surface area contributed by atoms with Gasteiger partial charge in [0.25, 0.3) is 5.91 Å². The molecule has 9 heteroatoms. The number of nitrogens with zero attached hydrogens (tertiary/aromatic N) is 1. The van der Waals surface area contributed by atoms with E-state index < -0.39 is 10.0 Å². The maximum Gasteiger partial charge on any atom is 0.265 e. The molecule has 1 amide bonds. The van der Waals surface area contributed by atoms with Crippen molar-refractivity contribution >= 4 is 50.2 Å². The fourth-order valence-electron chi connectivity index (χ4n) is 2.29. The highest BCUT2D eigenvalue weighted by Gasteiger charge is 2.13. The molecular weight excluding hydrogens is 406 g/mol. The van der Waals surface area contributed by atoms with Crippen molar-refractivity contribution in [1.82, 2.24) is 4.98 Å². The van der Waals surface area contributed by atoms with E-state index in [-0.39, 0.29) is 11.7 Å². The third-order valence-corrected chi connectivity index (χ3v) is 6.05. The molecule has 0 bridgehead atoms. The topological polar surface area (TPSA) is 88.2 Å². The Morgan fingerprint density at radius 3 is 2.67 bits per heavy atom. The quantitative estimate of drug-likeness (QED) is 0.614. The van der Waals surface area contributed by atoms with Gasteiger partial charge in [-0.25, -0.2) is 8.42 Å². The van der Waals surface area contributed by atoms with E-state index in [1.54, 1.807) is 18.3 Å². The summed E-state index contributed by atoms with van der Waals surface area (Å²) >= 11 is 7.34. The van der Waals surface area contributed by atoms with Crippen LogP contribution in [0.5, 0.6) is 0 Å². The van der Waals surface area contributed by atoms with Gasteiger partial charge in [0, 0.05) is 27.9 Å². The number of amides is 1. The summed E-state index contributed by atoms with van der Waals surface area (Å²) in [5.74, 6) is -0.374. The molecule has 6 nitrogen and oxygen atoms in total. The van der Waals surface area contributed by atoms with Gasteiger partial charge in [0.15, 0.2) is 0 Å². The maximum absolute atomic E-state index is 12.5. The van der Waals surface area contributed by atoms with Gasteiger partial charge in [-0.3, -0.25) is 14.5 Å². The lowest BCUT2D eigenvalue weighted by Gasteiger charge is -2.10. The molecule has 0 aliphatic rings. The van der Waals surface area contributed by atoms with E-state index in [4.69, 9.17) is 11.6 Å². The van der Waals surface area contributed by atoms with E-state index in [1.807, 2.05) is 23.6 Å². The predicted molar refractivity (Wildman–Crippen MR) is 110 cm³/mol. The van der Waals surface area contributed by atoms with Crippen molar-refractivity contribution in [1.29, 1.82) is 0 Å². The van der Waals surface area contributed by atoms with Crippen LogP contribution in [0.25, 0.3) is 11.3 Å². The van der Waals surface area contributed by atoms with Crippen molar-refractivity contribution < 1.29 is 13.2 Å². The van der Waals surface area contributed by atoms with E-state index >= 15 is 0 Å². The zero-order valence-corrected chi connectivity index (χ0v) is 16.7. The molecule has 0 fully saturated rings. The molecule has 140 valence electrons. The third-order valence-electron chi connectivity index (χ3n) is 3.59. The second-order valence-corrected chi connectivity index (χ2v) is 8.96. The standard InChI is InChI=1S/C18H16ClN3O3S2/c1-2-27(24,25)22-15-9-13(19)8-14(10-15)21-18(23)17-7-12(11-26-17)16-5-3-4-6-20-16/h3-11,22H,2H2,1H3,(H,21,23). The smallest absolute Gasteiger partial charge is 0.265 e. The number of halogens is 1. The van der Waals surface area contributed by atoms with Crippen molar-refractivity contribution in [2.75, 3.05) is 15.8 Å². The number of sulfonamides is 1. The number of anilines is 2. The Kier molecular flexibility index (Phi) is 5.79. The lowest BCUT2D eigenvalue weighted by atomic mass is 10.2. The predicted octanol–water partition coefficient (Wildman–Crippen LogP) is 4.48. The number of aromatic nitrogens is 1. The minimum absolute atomic E-state index is 0.0628. The van der Waals surface area contributed by atoms with Crippen LogP contribution in [0.1, 0.15) is 16.6 Å². The molecular formula is C18H16ClN3O3S2. The molecule has 0 aliphatic heterocycles. The number of carbonyl (C=O) groups excluding carboxylic acids is 1. The highest BCUT2D eigenvalue weighted by molar-refractivity contribution is 7.92. The number of benzene rings is 1. The fraction of sp³-hybridized carbons (Fsp3) is 0.111. The first-order chi connectivity index (χ1) is 12.9. The zero-order valence-electron chi connectivity index (χ0n) is 14.3. The van der Waals surface area contributed by atoms with Gasteiger partial charge in [-0.2, -0.15) is 0 Å². The molecule has 2 aromatic heterocycles. The first kappa shape index (κ1) is 19.3. The van der Waals surface area contributed by atoms with Gasteiger partial charge in [0.2, 0.25) is 10.0 Å². The summed E-state index contributed by atoms with van der Waals surface area (Å²) in [6, 6.07) is 11.9. The number of hydrogen-bond acceptors (Lipinski definition) is 5. The van der Waals surface area contributed by atoms with Crippen LogP contribution in [0.4, 0.5) is 11.4 Å². The number of nitrogens with one attached hydrogen (secondary N) is 2. The lowest BCUT2D eigenvalue weighted by Crippen LogP contribution is -2.15. The van der Waals surface area contributed by atoms with Crippen molar-refractivity contribution in [2.24, 2.45) is 0 Å². The van der Waals surface area contributed by atoms with E-state index in [0.29, 0.717) is 21.3 Å². The van der Waals surface area contributed by atoms with Gasteiger partial charge in [0.05, 0.1) is 22.0 Å². The Morgan fingerprint density at radius 1 is 1.19 bits per heavy atom. The van der Waals surface area contributed by atoms with Crippen LogP contribution in [0.15, 0.2) is 54.0 Å². The summed E-state index contributed by atoms with van der Waals surface area (Å²) in [6.07, 6.45) is 1.69. The van der Waals surface area contributed by atoms with Crippen molar-refractivity contribution in [2.45, 2.75) is 6.92 Å². The van der Waals surface area contributed by atoms with Crippen LogP contribution < -0.4 is 10.0 Å². The molecule has 0 aliphatic carbocycles. The Balaban J connectivity index is 1.78. The summed E-state index contributed by atoms with van der Waals surface area (Å²) in [7, 11) is -3.44. The average Bonchev–Trinajstić information content (AvgIpc) is 3.12. The van der Waals surface area contributed by atoms with Crippen LogP contribution in [-0.4, -0.2) is 25.1 Å². The fourth-order valence-corrected chi connectivity index (χ4v) is 3.94. The van der Waals surface area contributed by atoms with E-state index in [2.05, 4.69) is 15.0 Å². The van der Waals surface area contributed by atoms with Crippen molar-refractivity contribution in [3.05, 3.63) is 63.9 Å². The Hall–Kier alpha value is -2.42. The molecule has 0 radical (unpaired) electrons. The summed E-state index contributed by atoms with van der Waals surface area (Å²) in [5.41, 5.74) is 2.33. The van der Waals surface area contributed by atoms with E-state index in [0.717, 1.165) is 11.3 Å². The van der Waals surface area contributed by atoms with Crippen LogP contribution in [0.2, 0.25) is 5.02 Å². The number of thiophene rings is 1. The Labute approximate surface area is 166 Å². The Morgan fingerprint density at radius 2 is 1.96 bits per heavy atom. The number of carbonyl (C=O) groups is 1. The van der Waals surface area contributed by atoms with Gasteiger partial charge < -0.3 is 5.32 Å². The molecule has 0 spiro atoms. The maximum atomic E-state index is 12.5.